The van der Waals surface area contributed by atoms with E-state index < -0.39 is 0 Å². The first-order valence-electron chi connectivity index (χ1n) is 10.1. The number of nitrogens with two attached hydrogens (primary N) is 1. The van der Waals surface area contributed by atoms with Crippen molar-refractivity contribution >= 4 is 11.0 Å². The molecule has 0 spiro atoms. The fraction of sp³-hybridized carbons (Fsp3) is 0.455. The number of hydrogen-bond acceptors (Lipinski definition) is 5. The fourth-order valence-corrected chi connectivity index (χ4v) is 4.02. The van der Waals surface area contributed by atoms with Crippen LogP contribution in [0.1, 0.15) is 37.4 Å². The van der Waals surface area contributed by atoms with Gasteiger partial charge in [0.25, 0.3) is 0 Å². The van der Waals surface area contributed by atoms with E-state index in [9.17, 15) is 0 Å². The second-order valence-corrected chi connectivity index (χ2v) is 7.80. The highest BCUT2D eigenvalue weighted by atomic mass is 16.5. The van der Waals surface area contributed by atoms with Crippen LogP contribution < -0.4 is 10.5 Å². The first-order valence-corrected chi connectivity index (χ1v) is 10.1. The number of ether oxygens (including phenoxy) is 1. The van der Waals surface area contributed by atoms with Crippen LogP contribution in [0.15, 0.2) is 42.6 Å². The van der Waals surface area contributed by atoms with E-state index in [2.05, 4.69) is 40.2 Å². The molecule has 28 heavy (non-hydrogen) atoms. The summed E-state index contributed by atoms with van der Waals surface area (Å²) in [5.74, 6) is 1.37. The predicted molar refractivity (Wildman–Crippen MR) is 111 cm³/mol. The van der Waals surface area contributed by atoms with Crippen molar-refractivity contribution in [2.24, 2.45) is 5.73 Å². The normalized spacial score (nSPS) is 17.6. The maximum Gasteiger partial charge on any atom is 0.158 e. The Morgan fingerprint density at radius 2 is 2.04 bits per heavy atom. The van der Waals surface area contributed by atoms with Crippen LogP contribution >= 0.6 is 0 Å². The molecule has 1 aliphatic rings. The van der Waals surface area contributed by atoms with Crippen LogP contribution in [0.25, 0.3) is 11.0 Å². The average molecular weight is 380 g/mol. The van der Waals surface area contributed by atoms with E-state index in [1.54, 1.807) is 0 Å². The molecule has 1 atom stereocenters. The highest BCUT2D eigenvalue weighted by Gasteiger charge is 2.28. The lowest BCUT2D eigenvalue weighted by atomic mass is 10.0. The van der Waals surface area contributed by atoms with Gasteiger partial charge >= 0.3 is 0 Å². The summed E-state index contributed by atoms with van der Waals surface area (Å²) in [6, 6.07) is 12.6. The lowest BCUT2D eigenvalue weighted by Gasteiger charge is -2.16. The number of pyridine rings is 1. The fourth-order valence-electron chi connectivity index (χ4n) is 4.02. The largest absolute Gasteiger partial charge is 0.491 e. The van der Waals surface area contributed by atoms with Crippen LogP contribution in [0.5, 0.6) is 5.75 Å². The van der Waals surface area contributed by atoms with Crippen molar-refractivity contribution in [3.05, 3.63) is 53.9 Å². The zero-order valence-corrected chi connectivity index (χ0v) is 16.7. The Hall–Kier alpha value is -2.44. The molecule has 4 rings (SSSR count). The molecule has 1 aliphatic heterocycles. The van der Waals surface area contributed by atoms with Gasteiger partial charge < -0.3 is 10.5 Å². The first-order chi connectivity index (χ1) is 13.6. The Labute approximate surface area is 166 Å². The maximum absolute atomic E-state index is 5.75. The van der Waals surface area contributed by atoms with Crippen LogP contribution in [-0.2, 0) is 13.1 Å². The standard InChI is InChI=1S/C22H29N5O/c1-16(2)28-19-7-5-17(6-8-19)14-26-12-9-18(15-26)21-20-4-3-11-24-22(20)27(25-21)13-10-23/h3-8,11,16,18H,9-10,12-15,23H2,1-2H3/t18-/m0/s1. The van der Waals surface area contributed by atoms with Gasteiger partial charge in [0.15, 0.2) is 5.65 Å². The van der Waals surface area contributed by atoms with Gasteiger partial charge in [-0.3, -0.25) is 4.90 Å². The molecule has 148 valence electrons. The molecule has 6 heteroatoms. The number of benzene rings is 1. The molecule has 0 radical (unpaired) electrons. The quantitative estimate of drug-likeness (QED) is 0.683. The Bertz CT molecular complexity index is 918. The Morgan fingerprint density at radius 1 is 1.21 bits per heavy atom. The minimum atomic E-state index is 0.202. The summed E-state index contributed by atoms with van der Waals surface area (Å²) in [4.78, 5) is 7.03. The Kier molecular flexibility index (Phi) is 5.59. The van der Waals surface area contributed by atoms with Crippen molar-refractivity contribution in [3.8, 4) is 5.75 Å². The van der Waals surface area contributed by atoms with Crippen molar-refractivity contribution in [1.29, 1.82) is 0 Å². The third-order valence-electron chi connectivity index (χ3n) is 5.24. The molecule has 0 saturated carbocycles. The van der Waals surface area contributed by atoms with Crippen molar-refractivity contribution in [2.45, 2.75) is 45.4 Å². The highest BCUT2D eigenvalue weighted by molar-refractivity contribution is 5.78. The third kappa shape index (κ3) is 4.03. The third-order valence-corrected chi connectivity index (χ3v) is 5.24. The van der Waals surface area contributed by atoms with Gasteiger partial charge in [-0.15, -0.1) is 0 Å². The van der Waals surface area contributed by atoms with Gasteiger partial charge in [0.2, 0.25) is 0 Å². The number of aromatic nitrogens is 3. The van der Waals surface area contributed by atoms with E-state index in [4.69, 9.17) is 15.6 Å². The monoisotopic (exact) mass is 379 g/mol. The van der Waals surface area contributed by atoms with E-state index in [1.807, 2.05) is 30.8 Å². The molecular formula is C22H29N5O. The molecule has 0 amide bonds. The molecule has 0 bridgehead atoms. The highest BCUT2D eigenvalue weighted by Crippen LogP contribution is 2.32. The van der Waals surface area contributed by atoms with Gasteiger partial charge in [-0.05, 0) is 56.6 Å². The van der Waals surface area contributed by atoms with Gasteiger partial charge in [0.1, 0.15) is 5.75 Å². The van der Waals surface area contributed by atoms with Gasteiger partial charge in [-0.2, -0.15) is 5.10 Å². The summed E-state index contributed by atoms with van der Waals surface area (Å²) in [6.45, 7) is 8.43. The predicted octanol–water partition coefficient (Wildman–Crippen LogP) is 3.17. The number of likely N-dealkylation sites (tertiary alicyclic amines) is 1. The number of nitrogens with zero attached hydrogens (tertiary/aromatic N) is 4. The maximum atomic E-state index is 5.75. The second kappa shape index (κ2) is 8.29. The molecule has 2 aromatic heterocycles. The van der Waals surface area contributed by atoms with E-state index in [-0.39, 0.29) is 6.10 Å². The minimum absolute atomic E-state index is 0.202. The Balaban J connectivity index is 1.45. The molecule has 3 heterocycles. The lowest BCUT2D eigenvalue weighted by molar-refractivity contribution is 0.242. The van der Waals surface area contributed by atoms with Crippen molar-refractivity contribution in [3.63, 3.8) is 0 Å². The second-order valence-electron chi connectivity index (χ2n) is 7.80. The minimum Gasteiger partial charge on any atom is -0.491 e. The number of hydrogen-bond donors (Lipinski definition) is 1. The number of rotatable bonds is 7. The van der Waals surface area contributed by atoms with Crippen LogP contribution in [0.3, 0.4) is 0 Å². The molecule has 6 nitrogen and oxygen atoms in total. The summed E-state index contributed by atoms with van der Waals surface area (Å²) in [5, 5.41) is 6.04. The SMILES string of the molecule is CC(C)Oc1ccc(CN2CC[C@H](c3nn(CCN)c4ncccc34)C2)cc1. The summed E-state index contributed by atoms with van der Waals surface area (Å²) in [7, 11) is 0. The van der Waals surface area contributed by atoms with Crippen LogP contribution in [-0.4, -0.2) is 45.4 Å². The smallest absolute Gasteiger partial charge is 0.158 e. The van der Waals surface area contributed by atoms with Gasteiger partial charge in [0, 0.05) is 37.1 Å². The van der Waals surface area contributed by atoms with Crippen molar-refractivity contribution < 1.29 is 4.74 Å². The molecule has 3 aromatic rings. The van der Waals surface area contributed by atoms with Crippen molar-refractivity contribution in [1.82, 2.24) is 19.7 Å². The van der Waals surface area contributed by atoms with Gasteiger partial charge in [-0.1, -0.05) is 12.1 Å². The molecule has 1 fully saturated rings. The van der Waals surface area contributed by atoms with Crippen LogP contribution in [0.2, 0.25) is 0 Å². The molecular weight excluding hydrogens is 350 g/mol. The van der Waals surface area contributed by atoms with Crippen LogP contribution in [0.4, 0.5) is 0 Å². The number of fused-ring (bicyclic) bond motifs is 1. The molecule has 0 aliphatic carbocycles. The molecule has 2 N–H and O–H groups in total. The lowest BCUT2D eigenvalue weighted by Crippen LogP contribution is -2.20. The van der Waals surface area contributed by atoms with E-state index in [0.29, 0.717) is 19.0 Å². The first kappa shape index (κ1) is 18.9. The van der Waals surface area contributed by atoms with E-state index in [1.165, 1.54) is 11.3 Å². The van der Waals surface area contributed by atoms with Crippen molar-refractivity contribution in [2.75, 3.05) is 19.6 Å². The van der Waals surface area contributed by atoms with Gasteiger partial charge in [-0.25, -0.2) is 9.67 Å². The van der Waals surface area contributed by atoms with Gasteiger partial charge in [0.05, 0.1) is 18.3 Å². The summed E-state index contributed by atoms with van der Waals surface area (Å²) in [5.41, 5.74) is 9.18. The van der Waals surface area contributed by atoms with E-state index in [0.717, 1.165) is 42.8 Å². The zero-order chi connectivity index (χ0) is 19.5. The molecule has 0 unspecified atom stereocenters. The average Bonchev–Trinajstić information content (AvgIpc) is 3.28. The molecule has 1 saturated heterocycles. The summed E-state index contributed by atoms with van der Waals surface area (Å²) in [6.07, 6.45) is 3.15. The van der Waals surface area contributed by atoms with E-state index >= 15 is 0 Å². The summed E-state index contributed by atoms with van der Waals surface area (Å²) < 4.78 is 7.70. The topological polar surface area (TPSA) is 69.2 Å². The molecule has 1 aromatic carbocycles. The zero-order valence-electron chi connectivity index (χ0n) is 16.7. The van der Waals surface area contributed by atoms with Crippen LogP contribution in [0, 0.1) is 0 Å². The Morgan fingerprint density at radius 3 is 2.79 bits per heavy atom. The summed E-state index contributed by atoms with van der Waals surface area (Å²) >= 11 is 0.